The Balaban J connectivity index is 2.97. The Morgan fingerprint density at radius 2 is 2.20 bits per heavy atom. The Labute approximate surface area is 87.8 Å². The van der Waals surface area contributed by atoms with Gasteiger partial charge in [-0.25, -0.2) is 4.39 Å². The second-order valence-corrected chi connectivity index (χ2v) is 2.76. The van der Waals surface area contributed by atoms with Crippen molar-refractivity contribution in [1.82, 2.24) is 0 Å². The van der Waals surface area contributed by atoms with Crippen molar-refractivity contribution in [3.63, 3.8) is 0 Å². The number of hydrogen-bond donors (Lipinski definition) is 0. The number of carbonyl (C=O) groups excluding carboxylic acids is 1. The molecule has 1 aromatic rings. The van der Waals surface area contributed by atoms with Crippen LogP contribution in [0, 0.1) is 0 Å². The molecule has 0 aliphatic heterocycles. The first-order valence-corrected chi connectivity index (χ1v) is 4.73. The van der Waals surface area contributed by atoms with Gasteiger partial charge in [-0.05, 0) is 19.1 Å². The van der Waals surface area contributed by atoms with Crippen LogP contribution in [-0.4, -0.2) is 26.2 Å². The third-order valence-electron chi connectivity index (χ3n) is 1.76. The third-order valence-corrected chi connectivity index (χ3v) is 1.76. The summed E-state index contributed by atoms with van der Waals surface area (Å²) in [6.45, 7) is 1.62. The SMILES string of the molecule is CCOc1cccc(C=O)c1OCCF. The molecular formula is C11H13FO3. The molecule has 0 saturated heterocycles. The maximum atomic E-state index is 12.0. The molecule has 15 heavy (non-hydrogen) atoms. The molecule has 0 unspecified atom stereocenters. The number of hydrogen-bond acceptors (Lipinski definition) is 3. The minimum Gasteiger partial charge on any atom is -0.490 e. The minimum atomic E-state index is -0.598. The lowest BCUT2D eigenvalue weighted by atomic mass is 10.2. The Morgan fingerprint density at radius 3 is 2.80 bits per heavy atom. The lowest BCUT2D eigenvalue weighted by Gasteiger charge is -2.12. The van der Waals surface area contributed by atoms with Gasteiger partial charge in [-0.2, -0.15) is 0 Å². The standard InChI is InChI=1S/C11H13FO3/c1-2-14-10-5-3-4-9(8-13)11(10)15-7-6-12/h3-5,8H,2,6-7H2,1H3. The number of alkyl halides is 1. The Morgan fingerprint density at radius 1 is 1.40 bits per heavy atom. The van der Waals surface area contributed by atoms with Crippen LogP contribution >= 0.6 is 0 Å². The van der Waals surface area contributed by atoms with Gasteiger partial charge in [0, 0.05) is 0 Å². The van der Waals surface area contributed by atoms with E-state index < -0.39 is 6.67 Å². The van der Waals surface area contributed by atoms with Crippen molar-refractivity contribution < 1.29 is 18.7 Å². The fraction of sp³-hybridized carbons (Fsp3) is 0.364. The molecule has 0 amide bonds. The molecule has 0 aliphatic carbocycles. The summed E-state index contributed by atoms with van der Waals surface area (Å²) in [7, 11) is 0. The van der Waals surface area contributed by atoms with E-state index >= 15 is 0 Å². The van der Waals surface area contributed by atoms with Gasteiger partial charge in [-0.1, -0.05) is 6.07 Å². The second kappa shape index (κ2) is 6.01. The topological polar surface area (TPSA) is 35.5 Å². The number of benzene rings is 1. The summed E-state index contributed by atoms with van der Waals surface area (Å²) in [5.74, 6) is 0.780. The van der Waals surface area contributed by atoms with Crippen molar-refractivity contribution in [3.05, 3.63) is 23.8 Å². The zero-order chi connectivity index (χ0) is 11.1. The first-order chi connectivity index (χ1) is 7.33. The van der Waals surface area contributed by atoms with Crippen LogP contribution in [0.4, 0.5) is 4.39 Å². The molecule has 0 aliphatic rings. The first-order valence-electron chi connectivity index (χ1n) is 4.73. The van der Waals surface area contributed by atoms with E-state index in [0.717, 1.165) is 0 Å². The molecule has 0 bridgehead atoms. The maximum Gasteiger partial charge on any atom is 0.171 e. The minimum absolute atomic E-state index is 0.0784. The molecule has 4 heteroatoms. The fourth-order valence-electron chi connectivity index (χ4n) is 1.19. The van der Waals surface area contributed by atoms with Crippen molar-refractivity contribution in [2.45, 2.75) is 6.92 Å². The van der Waals surface area contributed by atoms with Crippen molar-refractivity contribution in [3.8, 4) is 11.5 Å². The molecule has 0 aromatic heterocycles. The fourth-order valence-corrected chi connectivity index (χ4v) is 1.19. The lowest BCUT2D eigenvalue weighted by molar-refractivity contribution is 0.111. The molecule has 0 saturated carbocycles. The predicted molar refractivity (Wildman–Crippen MR) is 54.5 cm³/mol. The molecule has 0 N–H and O–H groups in total. The summed E-state index contributed by atoms with van der Waals surface area (Å²) < 4.78 is 22.4. The zero-order valence-electron chi connectivity index (χ0n) is 8.53. The number of ether oxygens (including phenoxy) is 2. The largest absolute Gasteiger partial charge is 0.490 e. The molecule has 1 rings (SSSR count). The average Bonchev–Trinajstić information content (AvgIpc) is 2.27. The number of rotatable bonds is 6. The van der Waals surface area contributed by atoms with Crippen LogP contribution in [0.3, 0.4) is 0 Å². The summed E-state index contributed by atoms with van der Waals surface area (Å²) >= 11 is 0. The van der Waals surface area contributed by atoms with Gasteiger partial charge < -0.3 is 9.47 Å². The number of carbonyl (C=O) groups is 1. The molecule has 0 heterocycles. The molecule has 82 valence electrons. The summed E-state index contributed by atoms with van der Waals surface area (Å²) in [6, 6.07) is 4.98. The molecule has 0 fully saturated rings. The van der Waals surface area contributed by atoms with Crippen LogP contribution < -0.4 is 9.47 Å². The highest BCUT2D eigenvalue weighted by atomic mass is 19.1. The summed E-state index contributed by atoms with van der Waals surface area (Å²) in [5, 5.41) is 0. The van der Waals surface area contributed by atoms with Crippen molar-refractivity contribution in [2.75, 3.05) is 19.9 Å². The summed E-state index contributed by atoms with van der Waals surface area (Å²) in [5.41, 5.74) is 0.370. The lowest BCUT2D eigenvalue weighted by Crippen LogP contribution is -2.04. The second-order valence-electron chi connectivity index (χ2n) is 2.76. The number of para-hydroxylation sites is 1. The van der Waals surface area contributed by atoms with Gasteiger partial charge in [0.25, 0.3) is 0 Å². The molecule has 0 atom stereocenters. The van der Waals surface area contributed by atoms with Crippen molar-refractivity contribution in [2.24, 2.45) is 0 Å². The Kier molecular flexibility index (Phi) is 4.60. The van der Waals surface area contributed by atoms with E-state index in [2.05, 4.69) is 0 Å². The van der Waals surface area contributed by atoms with E-state index in [4.69, 9.17) is 9.47 Å². The highest BCUT2D eigenvalue weighted by Crippen LogP contribution is 2.30. The van der Waals surface area contributed by atoms with Crippen LogP contribution in [0.1, 0.15) is 17.3 Å². The van der Waals surface area contributed by atoms with Gasteiger partial charge >= 0.3 is 0 Å². The van der Waals surface area contributed by atoms with E-state index in [1.807, 2.05) is 6.92 Å². The first kappa shape index (κ1) is 11.5. The summed E-state index contributed by atoms with van der Waals surface area (Å²) in [4.78, 5) is 10.7. The maximum absolute atomic E-state index is 12.0. The normalized spacial score (nSPS) is 9.73. The van der Waals surface area contributed by atoms with Crippen LogP contribution in [-0.2, 0) is 0 Å². The number of aldehydes is 1. The van der Waals surface area contributed by atoms with Gasteiger partial charge in [0.15, 0.2) is 17.8 Å². The van der Waals surface area contributed by atoms with Crippen LogP contribution in [0.25, 0.3) is 0 Å². The third kappa shape index (κ3) is 2.94. The highest BCUT2D eigenvalue weighted by molar-refractivity contribution is 5.81. The monoisotopic (exact) mass is 212 g/mol. The van der Waals surface area contributed by atoms with Crippen molar-refractivity contribution >= 4 is 6.29 Å². The van der Waals surface area contributed by atoms with Gasteiger partial charge in [-0.3, -0.25) is 4.79 Å². The van der Waals surface area contributed by atoms with Gasteiger partial charge in [-0.15, -0.1) is 0 Å². The van der Waals surface area contributed by atoms with E-state index in [1.54, 1.807) is 18.2 Å². The van der Waals surface area contributed by atoms with Crippen LogP contribution in [0.15, 0.2) is 18.2 Å². The highest BCUT2D eigenvalue weighted by Gasteiger charge is 2.09. The van der Waals surface area contributed by atoms with E-state index in [9.17, 15) is 9.18 Å². The average molecular weight is 212 g/mol. The van der Waals surface area contributed by atoms with Gasteiger partial charge in [0.1, 0.15) is 13.3 Å². The quantitative estimate of drug-likeness (QED) is 0.678. The van der Waals surface area contributed by atoms with Gasteiger partial charge in [0.2, 0.25) is 0 Å². The molecular weight excluding hydrogens is 199 g/mol. The van der Waals surface area contributed by atoms with Crippen LogP contribution in [0.5, 0.6) is 11.5 Å². The predicted octanol–water partition coefficient (Wildman–Crippen LogP) is 2.25. The molecule has 3 nitrogen and oxygen atoms in total. The smallest absolute Gasteiger partial charge is 0.171 e. The molecule has 1 aromatic carbocycles. The molecule has 0 radical (unpaired) electrons. The van der Waals surface area contributed by atoms with E-state index in [0.29, 0.717) is 30.0 Å². The van der Waals surface area contributed by atoms with E-state index in [-0.39, 0.29) is 6.61 Å². The van der Waals surface area contributed by atoms with E-state index in [1.165, 1.54) is 0 Å². The van der Waals surface area contributed by atoms with Gasteiger partial charge in [0.05, 0.1) is 12.2 Å². The molecule has 0 spiro atoms. The zero-order valence-corrected chi connectivity index (χ0v) is 8.53. The Hall–Kier alpha value is -1.58. The summed E-state index contributed by atoms with van der Waals surface area (Å²) in [6.07, 6.45) is 0.663. The Bertz CT molecular complexity index is 326. The van der Waals surface area contributed by atoms with Crippen molar-refractivity contribution in [1.29, 1.82) is 0 Å². The number of halogens is 1. The van der Waals surface area contributed by atoms with Crippen LogP contribution in [0.2, 0.25) is 0 Å².